The lowest BCUT2D eigenvalue weighted by atomic mass is 10.0. The number of fused-ring (bicyclic) bond motifs is 1. The van der Waals surface area contributed by atoms with Gasteiger partial charge in [0.25, 0.3) is 0 Å². The average Bonchev–Trinajstić information content (AvgIpc) is 2.52. The van der Waals surface area contributed by atoms with Gasteiger partial charge in [-0.05, 0) is 41.8 Å². The highest BCUT2D eigenvalue weighted by Gasteiger charge is 2.05. The van der Waals surface area contributed by atoms with Crippen molar-refractivity contribution in [2.75, 3.05) is 0 Å². The van der Waals surface area contributed by atoms with Crippen LogP contribution in [0.2, 0.25) is 0 Å². The van der Waals surface area contributed by atoms with Crippen molar-refractivity contribution in [3.63, 3.8) is 0 Å². The molecule has 0 unspecified atom stereocenters. The second-order valence-electron chi connectivity index (χ2n) is 5.70. The van der Waals surface area contributed by atoms with Crippen molar-refractivity contribution in [1.82, 2.24) is 5.32 Å². The Morgan fingerprint density at radius 2 is 1.67 bits per heavy atom. The molecule has 1 heteroatoms. The van der Waals surface area contributed by atoms with Gasteiger partial charge in [-0.1, -0.05) is 66.2 Å². The topological polar surface area (TPSA) is 12.0 Å². The van der Waals surface area contributed by atoms with Gasteiger partial charge in [-0.15, -0.1) is 0 Å². The minimum atomic E-state index is 0.358. The molecular formula is C20H21N. The van der Waals surface area contributed by atoms with Gasteiger partial charge in [-0.3, -0.25) is 0 Å². The van der Waals surface area contributed by atoms with Crippen LogP contribution in [0.1, 0.15) is 29.7 Å². The molecule has 0 bridgehead atoms. The molecule has 3 rings (SSSR count). The van der Waals surface area contributed by atoms with Crippen molar-refractivity contribution in [2.24, 2.45) is 0 Å². The van der Waals surface area contributed by atoms with E-state index in [1.54, 1.807) is 0 Å². The predicted molar refractivity (Wildman–Crippen MR) is 90.4 cm³/mol. The number of nitrogens with one attached hydrogen (secondary N) is 1. The summed E-state index contributed by atoms with van der Waals surface area (Å²) < 4.78 is 0. The van der Waals surface area contributed by atoms with E-state index in [-0.39, 0.29) is 0 Å². The van der Waals surface area contributed by atoms with Gasteiger partial charge in [-0.25, -0.2) is 0 Å². The third-order valence-electron chi connectivity index (χ3n) is 3.97. The lowest BCUT2D eigenvalue weighted by Crippen LogP contribution is -2.18. The van der Waals surface area contributed by atoms with Crippen molar-refractivity contribution >= 4 is 10.8 Å². The van der Waals surface area contributed by atoms with Gasteiger partial charge in [0, 0.05) is 12.6 Å². The molecule has 3 aromatic carbocycles. The van der Waals surface area contributed by atoms with Crippen LogP contribution in [0, 0.1) is 6.92 Å². The average molecular weight is 275 g/mol. The minimum absolute atomic E-state index is 0.358. The number of hydrogen-bond acceptors (Lipinski definition) is 1. The molecule has 1 N–H and O–H groups in total. The van der Waals surface area contributed by atoms with Crippen LogP contribution in [-0.4, -0.2) is 0 Å². The predicted octanol–water partition coefficient (Wildman–Crippen LogP) is 5.00. The van der Waals surface area contributed by atoms with Crippen molar-refractivity contribution in [1.29, 1.82) is 0 Å². The molecule has 0 spiro atoms. The van der Waals surface area contributed by atoms with Crippen LogP contribution < -0.4 is 5.32 Å². The van der Waals surface area contributed by atoms with Crippen LogP contribution in [0.3, 0.4) is 0 Å². The fourth-order valence-electron chi connectivity index (χ4n) is 2.68. The number of rotatable bonds is 4. The quantitative estimate of drug-likeness (QED) is 0.706. The summed E-state index contributed by atoms with van der Waals surface area (Å²) in [5.41, 5.74) is 3.98. The molecule has 0 heterocycles. The van der Waals surface area contributed by atoms with Crippen molar-refractivity contribution in [2.45, 2.75) is 26.4 Å². The molecule has 21 heavy (non-hydrogen) atoms. The third kappa shape index (κ3) is 3.32. The van der Waals surface area contributed by atoms with E-state index in [0.717, 1.165) is 6.54 Å². The first-order valence-electron chi connectivity index (χ1n) is 7.50. The second kappa shape index (κ2) is 6.11. The summed E-state index contributed by atoms with van der Waals surface area (Å²) in [4.78, 5) is 0. The molecule has 0 aliphatic heterocycles. The molecule has 0 aliphatic carbocycles. The fourth-order valence-corrected chi connectivity index (χ4v) is 2.68. The number of aryl methyl sites for hydroxylation is 1. The summed E-state index contributed by atoms with van der Waals surface area (Å²) in [6.45, 7) is 5.25. The SMILES string of the molecule is Cc1cccc([C@@H](C)NCc2ccc3ccccc3c2)c1. The van der Waals surface area contributed by atoms with Crippen LogP contribution in [0.5, 0.6) is 0 Å². The Labute approximate surface area is 126 Å². The van der Waals surface area contributed by atoms with E-state index in [0.29, 0.717) is 6.04 Å². The summed E-state index contributed by atoms with van der Waals surface area (Å²) in [7, 11) is 0. The Balaban J connectivity index is 1.71. The molecule has 106 valence electrons. The summed E-state index contributed by atoms with van der Waals surface area (Å²) in [5, 5.41) is 6.21. The van der Waals surface area contributed by atoms with E-state index in [2.05, 4.69) is 85.9 Å². The Hall–Kier alpha value is -2.12. The number of benzene rings is 3. The molecule has 0 aromatic heterocycles. The monoisotopic (exact) mass is 275 g/mol. The molecule has 0 fully saturated rings. The first-order valence-corrected chi connectivity index (χ1v) is 7.50. The van der Waals surface area contributed by atoms with E-state index in [4.69, 9.17) is 0 Å². The van der Waals surface area contributed by atoms with Crippen molar-refractivity contribution in [3.8, 4) is 0 Å². The lowest BCUT2D eigenvalue weighted by molar-refractivity contribution is 0.574. The van der Waals surface area contributed by atoms with Gasteiger partial charge in [0.2, 0.25) is 0 Å². The van der Waals surface area contributed by atoms with E-state index in [1.807, 2.05) is 0 Å². The first-order chi connectivity index (χ1) is 10.2. The van der Waals surface area contributed by atoms with Crippen LogP contribution >= 0.6 is 0 Å². The highest BCUT2D eigenvalue weighted by atomic mass is 14.9. The summed E-state index contributed by atoms with van der Waals surface area (Å²) in [6.07, 6.45) is 0. The van der Waals surface area contributed by atoms with E-state index >= 15 is 0 Å². The van der Waals surface area contributed by atoms with E-state index in [9.17, 15) is 0 Å². The summed E-state index contributed by atoms with van der Waals surface area (Å²) >= 11 is 0. The first kappa shape index (κ1) is 13.8. The van der Waals surface area contributed by atoms with Gasteiger partial charge in [0.15, 0.2) is 0 Å². The largest absolute Gasteiger partial charge is 0.306 e. The summed E-state index contributed by atoms with van der Waals surface area (Å²) in [5.74, 6) is 0. The summed E-state index contributed by atoms with van der Waals surface area (Å²) in [6, 6.07) is 24.2. The third-order valence-corrected chi connectivity index (χ3v) is 3.97. The zero-order chi connectivity index (χ0) is 14.7. The smallest absolute Gasteiger partial charge is 0.0295 e. The molecule has 0 amide bonds. The lowest BCUT2D eigenvalue weighted by Gasteiger charge is -2.15. The van der Waals surface area contributed by atoms with Gasteiger partial charge in [-0.2, -0.15) is 0 Å². The van der Waals surface area contributed by atoms with Crippen molar-refractivity contribution in [3.05, 3.63) is 83.4 Å². The Morgan fingerprint density at radius 3 is 2.48 bits per heavy atom. The van der Waals surface area contributed by atoms with E-state index in [1.165, 1.54) is 27.5 Å². The molecule has 0 saturated heterocycles. The normalized spacial score (nSPS) is 12.5. The van der Waals surface area contributed by atoms with Crippen LogP contribution in [0.4, 0.5) is 0 Å². The fraction of sp³-hybridized carbons (Fsp3) is 0.200. The minimum Gasteiger partial charge on any atom is -0.306 e. The van der Waals surface area contributed by atoms with Crippen molar-refractivity contribution < 1.29 is 0 Å². The Kier molecular flexibility index (Phi) is 4.03. The van der Waals surface area contributed by atoms with Gasteiger partial charge < -0.3 is 5.32 Å². The van der Waals surface area contributed by atoms with E-state index < -0.39 is 0 Å². The standard InChI is InChI=1S/C20H21N/c1-15-6-5-9-19(12-15)16(2)21-14-17-10-11-18-7-3-4-8-20(18)13-17/h3-13,16,21H,14H2,1-2H3/t16-/m1/s1. The number of hydrogen-bond donors (Lipinski definition) is 1. The maximum atomic E-state index is 3.61. The highest BCUT2D eigenvalue weighted by Crippen LogP contribution is 2.18. The Morgan fingerprint density at radius 1 is 0.857 bits per heavy atom. The maximum Gasteiger partial charge on any atom is 0.0295 e. The highest BCUT2D eigenvalue weighted by molar-refractivity contribution is 5.82. The molecule has 3 aromatic rings. The maximum absolute atomic E-state index is 3.61. The Bertz CT molecular complexity index is 745. The molecule has 1 atom stereocenters. The van der Waals surface area contributed by atoms with Gasteiger partial charge in [0.05, 0.1) is 0 Å². The van der Waals surface area contributed by atoms with Gasteiger partial charge in [0.1, 0.15) is 0 Å². The van der Waals surface area contributed by atoms with Crippen LogP contribution in [-0.2, 0) is 6.54 Å². The molecule has 0 aliphatic rings. The molecule has 0 radical (unpaired) electrons. The van der Waals surface area contributed by atoms with Gasteiger partial charge >= 0.3 is 0 Å². The van der Waals surface area contributed by atoms with Crippen LogP contribution in [0.25, 0.3) is 10.8 Å². The molecule has 1 nitrogen and oxygen atoms in total. The molecular weight excluding hydrogens is 254 g/mol. The van der Waals surface area contributed by atoms with Crippen LogP contribution in [0.15, 0.2) is 66.7 Å². The zero-order valence-corrected chi connectivity index (χ0v) is 12.6. The second-order valence-corrected chi connectivity index (χ2v) is 5.70. The molecule has 0 saturated carbocycles. The zero-order valence-electron chi connectivity index (χ0n) is 12.6.